The summed E-state index contributed by atoms with van der Waals surface area (Å²) in [5.74, 6) is 0.679. The molecule has 0 atom stereocenters. The Balaban J connectivity index is 1.44. The van der Waals surface area contributed by atoms with Crippen molar-refractivity contribution in [3.05, 3.63) is 77.5 Å². The fourth-order valence-electron chi connectivity index (χ4n) is 4.50. The van der Waals surface area contributed by atoms with E-state index in [1.807, 2.05) is 18.2 Å². The van der Waals surface area contributed by atoms with Crippen molar-refractivity contribution in [3.8, 4) is 11.5 Å². The number of amides is 1. The molecule has 0 radical (unpaired) electrons. The summed E-state index contributed by atoms with van der Waals surface area (Å²) in [6.07, 6.45) is 2.82. The van der Waals surface area contributed by atoms with E-state index in [0.29, 0.717) is 58.5 Å². The second-order valence-corrected chi connectivity index (χ2v) is 9.34. The van der Waals surface area contributed by atoms with Crippen molar-refractivity contribution < 1.29 is 23.8 Å². The number of methoxy groups -OCH3 is 2. The number of fused-ring (bicyclic) bond motifs is 1. The van der Waals surface area contributed by atoms with Crippen LogP contribution in [0.2, 0.25) is 5.02 Å². The highest BCUT2D eigenvalue weighted by atomic mass is 35.5. The Bertz CT molecular complexity index is 1600. The van der Waals surface area contributed by atoms with E-state index in [2.05, 4.69) is 32.1 Å². The lowest BCUT2D eigenvalue weighted by molar-refractivity contribution is -0.111. The van der Waals surface area contributed by atoms with Gasteiger partial charge in [-0.25, -0.2) is 4.98 Å². The predicted molar refractivity (Wildman–Crippen MR) is 156 cm³/mol. The number of aromatic amines is 1. The van der Waals surface area contributed by atoms with E-state index in [1.165, 1.54) is 20.3 Å². The zero-order chi connectivity index (χ0) is 28.2. The van der Waals surface area contributed by atoms with Crippen LogP contribution in [0.25, 0.3) is 11.0 Å². The van der Waals surface area contributed by atoms with E-state index in [0.717, 1.165) is 18.8 Å². The average Bonchev–Trinajstić information content (AvgIpc) is 3.41. The summed E-state index contributed by atoms with van der Waals surface area (Å²) in [4.78, 5) is 35.6. The van der Waals surface area contributed by atoms with E-state index < -0.39 is 0 Å². The van der Waals surface area contributed by atoms with E-state index >= 15 is 0 Å². The monoisotopic (exact) mass is 561 g/mol. The Morgan fingerprint density at radius 3 is 2.60 bits per heavy atom. The zero-order valence-corrected chi connectivity index (χ0v) is 22.8. The molecule has 3 N–H and O–H groups in total. The standard InChI is InChI=1S/C29H28ClN5O5/c1-4-26(36)33-23-13-17(35-9-11-40-12-10-35)5-7-22(23)32-25-8-6-19-21(16-31-29(19)34-25)28(37)20-14-18(38-2)15-24(39-3)27(20)30/h4-8,13-16H,1,9-12H2,2-3H3,(H,33,36)(H2,31,32,34). The average molecular weight is 562 g/mol. The Labute approximate surface area is 235 Å². The molecule has 0 saturated carbocycles. The number of pyridine rings is 1. The van der Waals surface area contributed by atoms with Crippen LogP contribution < -0.4 is 25.0 Å². The SMILES string of the molecule is C=CC(=O)Nc1cc(N2CCOCC2)ccc1Nc1ccc2c(C(=O)c3cc(OC)cc(OC)c3Cl)c[nH]c2n1. The molecule has 0 bridgehead atoms. The number of benzene rings is 2. The van der Waals surface area contributed by atoms with Crippen LogP contribution in [0.4, 0.5) is 22.9 Å². The van der Waals surface area contributed by atoms with Crippen LogP contribution in [0.3, 0.4) is 0 Å². The third-order valence-corrected chi connectivity index (χ3v) is 6.97. The minimum Gasteiger partial charge on any atom is -0.497 e. The Kier molecular flexibility index (Phi) is 7.90. The number of aromatic nitrogens is 2. The van der Waals surface area contributed by atoms with Gasteiger partial charge in [0.2, 0.25) is 5.91 Å². The second-order valence-electron chi connectivity index (χ2n) is 8.96. The number of ketones is 1. The maximum Gasteiger partial charge on any atom is 0.247 e. The first-order valence-corrected chi connectivity index (χ1v) is 12.9. The molecule has 1 aliphatic rings. The van der Waals surface area contributed by atoms with E-state index in [-0.39, 0.29) is 22.3 Å². The smallest absolute Gasteiger partial charge is 0.247 e. The third kappa shape index (κ3) is 5.45. The van der Waals surface area contributed by atoms with Crippen molar-refractivity contribution >= 4 is 57.2 Å². The fraction of sp³-hybridized carbons (Fsp3) is 0.207. The number of halogens is 1. The highest BCUT2D eigenvalue weighted by Crippen LogP contribution is 2.36. The molecule has 4 aromatic rings. The molecule has 40 heavy (non-hydrogen) atoms. The van der Waals surface area contributed by atoms with E-state index in [1.54, 1.807) is 30.5 Å². The van der Waals surface area contributed by atoms with Gasteiger partial charge in [0.15, 0.2) is 5.78 Å². The number of rotatable bonds is 9. The van der Waals surface area contributed by atoms with Gasteiger partial charge in [0.1, 0.15) is 23.0 Å². The number of hydrogen-bond donors (Lipinski definition) is 3. The molecule has 1 fully saturated rings. The lowest BCUT2D eigenvalue weighted by Gasteiger charge is -2.29. The van der Waals surface area contributed by atoms with Crippen LogP contribution in [0.5, 0.6) is 11.5 Å². The van der Waals surface area contributed by atoms with Gasteiger partial charge in [0, 0.05) is 47.6 Å². The lowest BCUT2D eigenvalue weighted by atomic mass is 10.0. The summed E-state index contributed by atoms with van der Waals surface area (Å²) in [5, 5.41) is 6.96. The lowest BCUT2D eigenvalue weighted by Crippen LogP contribution is -2.36. The topological polar surface area (TPSA) is 118 Å². The molecular weight excluding hydrogens is 534 g/mol. The van der Waals surface area contributed by atoms with Crippen molar-refractivity contribution in [1.29, 1.82) is 0 Å². The summed E-state index contributed by atoms with van der Waals surface area (Å²) < 4.78 is 16.1. The summed E-state index contributed by atoms with van der Waals surface area (Å²) in [7, 11) is 2.98. The van der Waals surface area contributed by atoms with E-state index in [4.69, 9.17) is 25.8 Å². The Morgan fingerprint density at radius 2 is 1.88 bits per heavy atom. The summed E-state index contributed by atoms with van der Waals surface area (Å²) in [6, 6.07) is 12.5. The number of hydrogen-bond acceptors (Lipinski definition) is 8. The highest BCUT2D eigenvalue weighted by Gasteiger charge is 2.22. The third-order valence-electron chi connectivity index (χ3n) is 6.58. The van der Waals surface area contributed by atoms with Gasteiger partial charge in [-0.1, -0.05) is 18.2 Å². The van der Waals surface area contributed by atoms with Crippen LogP contribution >= 0.6 is 11.6 Å². The van der Waals surface area contributed by atoms with Crippen molar-refractivity contribution in [1.82, 2.24) is 9.97 Å². The highest BCUT2D eigenvalue weighted by molar-refractivity contribution is 6.37. The first-order valence-electron chi connectivity index (χ1n) is 12.5. The molecule has 3 heterocycles. The predicted octanol–water partition coefficient (Wildman–Crippen LogP) is 5.17. The fourth-order valence-corrected chi connectivity index (χ4v) is 4.77. The maximum atomic E-state index is 13.5. The first-order chi connectivity index (χ1) is 19.4. The molecule has 0 aliphatic carbocycles. The van der Waals surface area contributed by atoms with Crippen LogP contribution in [0, 0.1) is 0 Å². The van der Waals surface area contributed by atoms with Crippen molar-refractivity contribution in [2.75, 3.05) is 56.1 Å². The molecule has 1 amide bonds. The van der Waals surface area contributed by atoms with Crippen molar-refractivity contribution in [2.45, 2.75) is 0 Å². The van der Waals surface area contributed by atoms with Crippen LogP contribution in [-0.4, -0.2) is 62.2 Å². The molecule has 2 aromatic heterocycles. The number of carbonyl (C=O) groups is 2. The number of nitrogens with one attached hydrogen (secondary N) is 3. The second kappa shape index (κ2) is 11.7. The summed E-state index contributed by atoms with van der Waals surface area (Å²) in [5.41, 5.74) is 3.36. The molecule has 2 aromatic carbocycles. The van der Waals surface area contributed by atoms with Gasteiger partial charge in [0.05, 0.1) is 43.8 Å². The van der Waals surface area contributed by atoms with Gasteiger partial charge in [-0.3, -0.25) is 9.59 Å². The Morgan fingerprint density at radius 1 is 1.07 bits per heavy atom. The van der Waals surface area contributed by atoms with Crippen LogP contribution in [-0.2, 0) is 9.53 Å². The van der Waals surface area contributed by atoms with Gasteiger partial charge < -0.3 is 34.7 Å². The van der Waals surface area contributed by atoms with Crippen molar-refractivity contribution in [3.63, 3.8) is 0 Å². The largest absolute Gasteiger partial charge is 0.497 e. The number of nitrogens with zero attached hydrogens (tertiary/aromatic N) is 2. The molecular formula is C29H28ClN5O5. The molecule has 10 nitrogen and oxygen atoms in total. The van der Waals surface area contributed by atoms with Crippen molar-refractivity contribution in [2.24, 2.45) is 0 Å². The zero-order valence-electron chi connectivity index (χ0n) is 22.0. The number of ether oxygens (including phenoxy) is 3. The van der Waals surface area contributed by atoms with Gasteiger partial charge >= 0.3 is 0 Å². The number of anilines is 4. The van der Waals surface area contributed by atoms with Crippen LogP contribution in [0.1, 0.15) is 15.9 Å². The number of morpholine rings is 1. The first kappa shape index (κ1) is 27.0. The maximum absolute atomic E-state index is 13.5. The molecule has 0 unspecified atom stereocenters. The number of carbonyl (C=O) groups excluding carboxylic acids is 2. The van der Waals surface area contributed by atoms with Gasteiger partial charge in [0.25, 0.3) is 0 Å². The van der Waals surface area contributed by atoms with Gasteiger partial charge in [-0.05, 0) is 42.5 Å². The van der Waals surface area contributed by atoms with Gasteiger partial charge in [-0.15, -0.1) is 0 Å². The Hall–Kier alpha value is -4.54. The molecule has 5 rings (SSSR count). The number of H-pyrrole nitrogens is 1. The summed E-state index contributed by atoms with van der Waals surface area (Å²) >= 11 is 6.46. The normalized spacial score (nSPS) is 13.1. The molecule has 1 aliphatic heterocycles. The van der Waals surface area contributed by atoms with E-state index in [9.17, 15) is 9.59 Å². The minimum atomic E-state index is -0.328. The molecule has 1 saturated heterocycles. The quantitative estimate of drug-likeness (QED) is 0.189. The minimum absolute atomic E-state index is 0.198. The molecule has 0 spiro atoms. The molecule has 11 heteroatoms. The molecule has 206 valence electrons. The summed E-state index contributed by atoms with van der Waals surface area (Å²) in [6.45, 7) is 6.38. The van der Waals surface area contributed by atoms with Gasteiger partial charge in [-0.2, -0.15) is 0 Å². The van der Waals surface area contributed by atoms with Crippen LogP contribution in [0.15, 0.2) is 61.3 Å².